The van der Waals surface area contributed by atoms with Crippen LogP contribution in [-0.2, 0) is 16.0 Å². The summed E-state index contributed by atoms with van der Waals surface area (Å²) in [5.41, 5.74) is 3.05. The fraction of sp³-hybridized carbons (Fsp3) is 0.158. The molecular formula is C19H17FN2O3. The van der Waals surface area contributed by atoms with Gasteiger partial charge in [-0.15, -0.1) is 0 Å². The number of benzene rings is 2. The van der Waals surface area contributed by atoms with E-state index in [0.29, 0.717) is 33.5 Å². The monoisotopic (exact) mass is 340 g/mol. The molecule has 0 amide bonds. The van der Waals surface area contributed by atoms with Crippen molar-refractivity contribution in [3.8, 4) is 5.75 Å². The van der Waals surface area contributed by atoms with Crippen LogP contribution < -0.4 is 5.32 Å². The number of halogens is 1. The third kappa shape index (κ3) is 3.52. The Kier molecular flexibility index (Phi) is 4.52. The minimum atomic E-state index is -0.417. The second kappa shape index (κ2) is 6.76. The Morgan fingerprint density at radius 2 is 2.08 bits per heavy atom. The van der Waals surface area contributed by atoms with Crippen LogP contribution in [0.2, 0.25) is 0 Å². The number of carbonyl (C=O) groups excluding carboxylic acids is 1. The molecule has 1 aromatic heterocycles. The summed E-state index contributed by atoms with van der Waals surface area (Å²) in [6, 6.07) is 10.9. The Balaban J connectivity index is 2.21. The summed E-state index contributed by atoms with van der Waals surface area (Å²) in [6.07, 6.45) is 0.00291. The van der Waals surface area contributed by atoms with Crippen LogP contribution in [-0.4, -0.2) is 23.2 Å². The zero-order chi connectivity index (χ0) is 18.0. The SMILES string of the molecule is COC(=O)Cc1c(C)nc2ccc(F)cc2c1Nc1cccc(O)c1. The number of phenolic OH excluding ortho intramolecular Hbond substituents is 1. The summed E-state index contributed by atoms with van der Waals surface area (Å²) < 4.78 is 18.6. The van der Waals surface area contributed by atoms with Crippen molar-refractivity contribution in [3.63, 3.8) is 0 Å². The summed E-state index contributed by atoms with van der Waals surface area (Å²) in [5.74, 6) is -0.721. The third-order valence-corrected chi connectivity index (χ3v) is 3.92. The highest BCUT2D eigenvalue weighted by molar-refractivity contribution is 5.96. The summed E-state index contributed by atoms with van der Waals surface area (Å²) in [4.78, 5) is 16.3. The molecule has 0 aliphatic heterocycles. The van der Waals surface area contributed by atoms with Crippen LogP contribution in [0.25, 0.3) is 10.9 Å². The van der Waals surface area contributed by atoms with Crippen LogP contribution in [0.1, 0.15) is 11.3 Å². The van der Waals surface area contributed by atoms with E-state index in [1.165, 1.54) is 19.2 Å². The first-order valence-corrected chi connectivity index (χ1v) is 7.69. The molecule has 0 aliphatic rings. The molecule has 3 rings (SSSR count). The average molecular weight is 340 g/mol. The summed E-state index contributed by atoms with van der Waals surface area (Å²) in [5, 5.41) is 13.4. The molecule has 0 saturated heterocycles. The molecule has 2 N–H and O–H groups in total. The van der Waals surface area contributed by atoms with Gasteiger partial charge in [-0.25, -0.2) is 4.39 Å². The molecule has 128 valence electrons. The summed E-state index contributed by atoms with van der Waals surface area (Å²) >= 11 is 0. The molecule has 0 saturated carbocycles. The Hall–Kier alpha value is -3.15. The predicted octanol–water partition coefficient (Wildman–Crippen LogP) is 3.85. The number of anilines is 2. The summed E-state index contributed by atoms with van der Waals surface area (Å²) in [6.45, 7) is 1.79. The van der Waals surface area contributed by atoms with E-state index < -0.39 is 11.8 Å². The van der Waals surface area contributed by atoms with E-state index in [1.54, 1.807) is 37.3 Å². The topological polar surface area (TPSA) is 71.5 Å². The molecule has 25 heavy (non-hydrogen) atoms. The number of fused-ring (bicyclic) bond motifs is 1. The number of nitrogens with zero attached hydrogens (tertiary/aromatic N) is 1. The van der Waals surface area contributed by atoms with Crippen LogP contribution in [0.5, 0.6) is 5.75 Å². The lowest BCUT2D eigenvalue weighted by atomic mass is 10.0. The Labute approximate surface area is 144 Å². The van der Waals surface area contributed by atoms with Crippen molar-refractivity contribution in [1.82, 2.24) is 4.98 Å². The number of esters is 1. The molecule has 2 aromatic carbocycles. The number of pyridine rings is 1. The van der Waals surface area contributed by atoms with Crippen LogP contribution in [0.4, 0.5) is 15.8 Å². The maximum absolute atomic E-state index is 13.8. The fourth-order valence-electron chi connectivity index (χ4n) is 2.70. The Morgan fingerprint density at radius 3 is 2.80 bits per heavy atom. The lowest BCUT2D eigenvalue weighted by molar-refractivity contribution is -0.139. The molecule has 0 spiro atoms. The van der Waals surface area contributed by atoms with Crippen molar-refractivity contribution in [3.05, 3.63) is 59.5 Å². The minimum absolute atomic E-state index is 0.00291. The first kappa shape index (κ1) is 16.7. The number of nitrogens with one attached hydrogen (secondary N) is 1. The lowest BCUT2D eigenvalue weighted by Crippen LogP contribution is -2.10. The van der Waals surface area contributed by atoms with Crippen molar-refractivity contribution in [2.24, 2.45) is 0 Å². The number of aromatic nitrogens is 1. The van der Waals surface area contributed by atoms with Gasteiger partial charge in [0.1, 0.15) is 11.6 Å². The third-order valence-electron chi connectivity index (χ3n) is 3.92. The maximum atomic E-state index is 13.8. The molecule has 0 radical (unpaired) electrons. The van der Waals surface area contributed by atoms with Gasteiger partial charge in [-0.05, 0) is 37.3 Å². The molecule has 0 unspecified atom stereocenters. The van der Waals surface area contributed by atoms with E-state index in [-0.39, 0.29) is 12.2 Å². The number of phenols is 1. The summed E-state index contributed by atoms with van der Waals surface area (Å²) in [7, 11) is 1.31. The molecule has 6 heteroatoms. The van der Waals surface area contributed by atoms with Gasteiger partial charge in [0.2, 0.25) is 0 Å². The first-order valence-electron chi connectivity index (χ1n) is 7.69. The highest BCUT2D eigenvalue weighted by atomic mass is 19.1. The predicted molar refractivity (Wildman–Crippen MR) is 93.5 cm³/mol. The lowest BCUT2D eigenvalue weighted by Gasteiger charge is -2.17. The van der Waals surface area contributed by atoms with E-state index in [2.05, 4.69) is 10.3 Å². The van der Waals surface area contributed by atoms with Crippen LogP contribution in [0.3, 0.4) is 0 Å². The number of hydrogen-bond acceptors (Lipinski definition) is 5. The number of aromatic hydroxyl groups is 1. The van der Waals surface area contributed by atoms with Crippen molar-refractivity contribution < 1.29 is 19.0 Å². The molecule has 1 heterocycles. The fourth-order valence-corrected chi connectivity index (χ4v) is 2.70. The Morgan fingerprint density at radius 1 is 1.28 bits per heavy atom. The number of rotatable bonds is 4. The van der Waals surface area contributed by atoms with Crippen molar-refractivity contribution in [1.29, 1.82) is 0 Å². The van der Waals surface area contributed by atoms with Gasteiger partial charge in [0.25, 0.3) is 0 Å². The van der Waals surface area contributed by atoms with Crippen molar-refractivity contribution in [2.75, 3.05) is 12.4 Å². The first-order chi connectivity index (χ1) is 12.0. The number of methoxy groups -OCH3 is 1. The molecule has 3 aromatic rings. The van der Waals surface area contributed by atoms with Crippen molar-refractivity contribution in [2.45, 2.75) is 13.3 Å². The van der Waals surface area contributed by atoms with Gasteiger partial charge >= 0.3 is 5.97 Å². The second-order valence-electron chi connectivity index (χ2n) is 5.64. The zero-order valence-corrected chi connectivity index (χ0v) is 13.8. The van der Waals surface area contributed by atoms with Crippen LogP contribution in [0.15, 0.2) is 42.5 Å². The largest absolute Gasteiger partial charge is 0.508 e. The van der Waals surface area contributed by atoms with Crippen molar-refractivity contribution >= 4 is 28.2 Å². The molecule has 0 fully saturated rings. The van der Waals surface area contributed by atoms with Crippen LogP contribution in [0, 0.1) is 12.7 Å². The van der Waals surface area contributed by atoms with E-state index >= 15 is 0 Å². The number of ether oxygens (including phenoxy) is 1. The molecular weight excluding hydrogens is 323 g/mol. The van der Waals surface area contributed by atoms with Gasteiger partial charge in [0, 0.05) is 28.4 Å². The normalized spacial score (nSPS) is 10.7. The van der Waals surface area contributed by atoms with E-state index in [1.807, 2.05) is 0 Å². The van der Waals surface area contributed by atoms with Gasteiger partial charge in [0.15, 0.2) is 0 Å². The molecule has 0 aliphatic carbocycles. The van der Waals surface area contributed by atoms with Gasteiger partial charge in [0.05, 0.1) is 24.7 Å². The minimum Gasteiger partial charge on any atom is -0.508 e. The quantitative estimate of drug-likeness (QED) is 0.706. The maximum Gasteiger partial charge on any atom is 0.310 e. The van der Waals surface area contributed by atoms with Gasteiger partial charge in [-0.3, -0.25) is 9.78 Å². The number of hydrogen-bond donors (Lipinski definition) is 2. The highest BCUT2D eigenvalue weighted by Crippen LogP contribution is 2.33. The average Bonchev–Trinajstić information content (AvgIpc) is 2.58. The second-order valence-corrected chi connectivity index (χ2v) is 5.64. The molecule has 5 nitrogen and oxygen atoms in total. The van der Waals surface area contributed by atoms with E-state index in [0.717, 1.165) is 0 Å². The zero-order valence-electron chi connectivity index (χ0n) is 13.8. The van der Waals surface area contributed by atoms with E-state index in [4.69, 9.17) is 4.74 Å². The molecule has 0 bridgehead atoms. The van der Waals surface area contributed by atoms with Gasteiger partial charge < -0.3 is 15.2 Å². The van der Waals surface area contributed by atoms with Crippen LogP contribution >= 0.6 is 0 Å². The highest BCUT2D eigenvalue weighted by Gasteiger charge is 2.17. The number of aryl methyl sites for hydroxylation is 1. The smallest absolute Gasteiger partial charge is 0.310 e. The molecule has 0 atom stereocenters. The standard InChI is InChI=1S/C19H17FN2O3/c1-11-15(10-18(24)25-2)19(22-13-4-3-5-14(23)9-13)16-8-12(20)6-7-17(16)21-11/h3-9,23H,10H2,1-2H3,(H,21,22). The van der Waals surface area contributed by atoms with Gasteiger partial charge in [-0.1, -0.05) is 6.07 Å². The Bertz CT molecular complexity index is 957. The van der Waals surface area contributed by atoms with Gasteiger partial charge in [-0.2, -0.15) is 0 Å². The number of carbonyl (C=O) groups is 1. The van der Waals surface area contributed by atoms with E-state index in [9.17, 15) is 14.3 Å².